The summed E-state index contributed by atoms with van der Waals surface area (Å²) in [6.45, 7) is 2.27. The van der Waals surface area contributed by atoms with Gasteiger partial charge in [0, 0.05) is 5.41 Å². The molecule has 0 aliphatic heterocycles. The second-order valence-corrected chi connectivity index (χ2v) is 6.45. The standard InChI is InChI=1S/C21H19.C5H5.Fe/c1-21(19-12-4-2-5-13-19,20-14-6-3-7-15-20)17-16-18-10-8-9-11-18;1-2-4-5-3-1;/h2-17H,1H3;1-5H;/q2*-1;+2. The topological polar surface area (TPSA) is 0 Å². The van der Waals surface area contributed by atoms with Gasteiger partial charge in [-0.2, -0.15) is 30.3 Å². The summed E-state index contributed by atoms with van der Waals surface area (Å²) in [6.07, 6.45) is 4.51. The average molecular weight is 392 g/mol. The summed E-state index contributed by atoms with van der Waals surface area (Å²) in [7, 11) is 0. The van der Waals surface area contributed by atoms with E-state index in [4.69, 9.17) is 0 Å². The average Bonchev–Trinajstić information content (AvgIpc) is 3.44. The van der Waals surface area contributed by atoms with Crippen LogP contribution in [-0.2, 0) is 22.5 Å². The van der Waals surface area contributed by atoms with Crippen molar-refractivity contribution >= 4 is 6.08 Å². The molecule has 4 aromatic rings. The Labute approximate surface area is 173 Å². The maximum Gasteiger partial charge on any atom is 2.00 e. The summed E-state index contributed by atoms with van der Waals surface area (Å²) in [6, 6.07) is 39.7. The third-order valence-corrected chi connectivity index (χ3v) is 4.60. The van der Waals surface area contributed by atoms with E-state index in [1.54, 1.807) is 0 Å². The first kappa shape index (κ1) is 20.7. The second-order valence-electron chi connectivity index (χ2n) is 6.45. The van der Waals surface area contributed by atoms with Crippen molar-refractivity contribution in [1.29, 1.82) is 0 Å². The van der Waals surface area contributed by atoms with Crippen LogP contribution in [0.1, 0.15) is 23.6 Å². The Morgan fingerprint density at radius 3 is 1.59 bits per heavy atom. The van der Waals surface area contributed by atoms with Gasteiger partial charge in [-0.15, -0.1) is 29.8 Å². The molecule has 0 saturated heterocycles. The predicted octanol–water partition coefficient (Wildman–Crippen LogP) is 6.83. The number of hydrogen-bond acceptors (Lipinski definition) is 0. The zero-order valence-electron chi connectivity index (χ0n) is 15.5. The van der Waals surface area contributed by atoms with Crippen LogP contribution < -0.4 is 0 Å². The van der Waals surface area contributed by atoms with E-state index < -0.39 is 0 Å². The van der Waals surface area contributed by atoms with Gasteiger partial charge in [-0.3, -0.25) is 0 Å². The molecule has 0 heterocycles. The number of rotatable bonds is 4. The van der Waals surface area contributed by atoms with Gasteiger partial charge in [-0.25, -0.2) is 12.1 Å². The molecule has 0 aromatic heterocycles. The van der Waals surface area contributed by atoms with Crippen LogP contribution in [0.15, 0.2) is 121 Å². The molecule has 0 bridgehead atoms. The van der Waals surface area contributed by atoms with Crippen molar-refractivity contribution in [3.8, 4) is 0 Å². The van der Waals surface area contributed by atoms with Crippen molar-refractivity contribution in [3.63, 3.8) is 0 Å². The molecule has 0 aliphatic carbocycles. The summed E-state index contributed by atoms with van der Waals surface area (Å²) in [5.41, 5.74) is 3.73. The molecule has 0 nitrogen and oxygen atoms in total. The van der Waals surface area contributed by atoms with Crippen LogP contribution in [0.2, 0.25) is 0 Å². The van der Waals surface area contributed by atoms with Crippen LogP contribution >= 0.6 is 0 Å². The Balaban J connectivity index is 0.000000379. The van der Waals surface area contributed by atoms with E-state index in [2.05, 4.69) is 104 Å². The first-order valence-electron chi connectivity index (χ1n) is 8.98. The molecular weight excluding hydrogens is 368 g/mol. The van der Waals surface area contributed by atoms with Crippen LogP contribution in [0.25, 0.3) is 6.08 Å². The summed E-state index contributed by atoms with van der Waals surface area (Å²) in [5.74, 6) is 0. The van der Waals surface area contributed by atoms with Gasteiger partial charge in [-0.05, 0) is 11.1 Å². The monoisotopic (exact) mass is 392 g/mol. The number of allylic oxidation sites excluding steroid dienone is 1. The van der Waals surface area contributed by atoms with Gasteiger partial charge in [0.25, 0.3) is 0 Å². The van der Waals surface area contributed by atoms with Crippen LogP contribution in [0.4, 0.5) is 0 Å². The summed E-state index contributed by atoms with van der Waals surface area (Å²) >= 11 is 0. The zero-order chi connectivity index (χ0) is 18.1. The van der Waals surface area contributed by atoms with Crippen molar-refractivity contribution < 1.29 is 17.1 Å². The number of hydrogen-bond donors (Lipinski definition) is 0. The second kappa shape index (κ2) is 10.5. The molecule has 0 amide bonds. The molecule has 0 unspecified atom stereocenters. The van der Waals surface area contributed by atoms with E-state index >= 15 is 0 Å². The van der Waals surface area contributed by atoms with E-state index in [0.29, 0.717) is 0 Å². The third-order valence-electron chi connectivity index (χ3n) is 4.60. The molecule has 0 fully saturated rings. The van der Waals surface area contributed by atoms with Gasteiger partial charge in [0.2, 0.25) is 0 Å². The maximum absolute atomic E-state index is 2.30. The van der Waals surface area contributed by atoms with E-state index in [-0.39, 0.29) is 22.5 Å². The molecule has 0 radical (unpaired) electrons. The Morgan fingerprint density at radius 1 is 0.704 bits per heavy atom. The Bertz CT molecular complexity index is 813. The molecule has 1 heteroatoms. The molecule has 136 valence electrons. The molecule has 0 saturated carbocycles. The van der Waals surface area contributed by atoms with Gasteiger partial charge in [0.1, 0.15) is 0 Å². The minimum Gasteiger partial charge on any atom is -0.214 e. The summed E-state index contributed by atoms with van der Waals surface area (Å²) in [5, 5.41) is 0. The fraction of sp³-hybridized carbons (Fsp3) is 0.0769. The van der Waals surface area contributed by atoms with Crippen LogP contribution in [0, 0.1) is 0 Å². The third kappa shape index (κ3) is 5.69. The predicted molar refractivity (Wildman–Crippen MR) is 112 cm³/mol. The van der Waals surface area contributed by atoms with E-state index in [1.165, 1.54) is 16.7 Å². The van der Waals surface area contributed by atoms with Crippen LogP contribution in [-0.4, -0.2) is 0 Å². The first-order valence-corrected chi connectivity index (χ1v) is 8.98. The van der Waals surface area contributed by atoms with Gasteiger partial charge < -0.3 is 0 Å². The SMILES string of the molecule is CC(C=C[c-]1cccc1)(c1ccccc1)c1ccccc1.[Fe+2].c1cc[cH-]c1. The Kier molecular flexibility index (Phi) is 8.07. The van der Waals surface area contributed by atoms with Gasteiger partial charge >= 0.3 is 17.1 Å². The van der Waals surface area contributed by atoms with Crippen molar-refractivity contribution in [2.24, 2.45) is 0 Å². The molecule has 27 heavy (non-hydrogen) atoms. The molecule has 0 atom stereocenters. The summed E-state index contributed by atoms with van der Waals surface area (Å²) < 4.78 is 0. The van der Waals surface area contributed by atoms with Crippen molar-refractivity contribution in [3.05, 3.63) is 138 Å². The minimum atomic E-state index is -0.125. The zero-order valence-corrected chi connectivity index (χ0v) is 16.6. The Morgan fingerprint density at radius 2 is 1.19 bits per heavy atom. The molecular formula is C26H24Fe. The van der Waals surface area contributed by atoms with Gasteiger partial charge in [-0.1, -0.05) is 67.6 Å². The quantitative estimate of drug-likeness (QED) is 0.264. The maximum atomic E-state index is 2.30. The smallest absolute Gasteiger partial charge is 0.214 e. The van der Waals surface area contributed by atoms with E-state index in [0.717, 1.165) is 0 Å². The van der Waals surface area contributed by atoms with E-state index in [1.807, 2.05) is 30.3 Å². The van der Waals surface area contributed by atoms with Crippen molar-refractivity contribution in [2.75, 3.05) is 0 Å². The van der Waals surface area contributed by atoms with Crippen molar-refractivity contribution in [1.82, 2.24) is 0 Å². The minimum absolute atomic E-state index is 0. The molecule has 4 rings (SSSR count). The molecule has 4 aromatic carbocycles. The van der Waals surface area contributed by atoms with Gasteiger partial charge in [0.15, 0.2) is 0 Å². The van der Waals surface area contributed by atoms with Gasteiger partial charge in [0.05, 0.1) is 0 Å². The molecule has 0 spiro atoms. The fourth-order valence-electron chi connectivity index (χ4n) is 3.01. The van der Waals surface area contributed by atoms with E-state index in [9.17, 15) is 0 Å². The first-order chi connectivity index (χ1) is 12.8. The van der Waals surface area contributed by atoms with Crippen LogP contribution in [0.3, 0.4) is 0 Å². The summed E-state index contributed by atoms with van der Waals surface area (Å²) in [4.78, 5) is 0. The largest absolute Gasteiger partial charge is 2.00 e. The number of benzene rings is 2. The normalized spacial score (nSPS) is 10.7. The van der Waals surface area contributed by atoms with Crippen LogP contribution in [0.5, 0.6) is 0 Å². The molecule has 0 N–H and O–H groups in total. The van der Waals surface area contributed by atoms with Crippen molar-refractivity contribution in [2.45, 2.75) is 12.3 Å². The molecule has 0 aliphatic rings. The Hall–Kier alpha value is -2.60. The fourth-order valence-corrected chi connectivity index (χ4v) is 3.01.